The van der Waals surface area contributed by atoms with E-state index in [2.05, 4.69) is 6.58 Å². The molecule has 3 heteroatoms. The molecule has 58 valence electrons. The summed E-state index contributed by atoms with van der Waals surface area (Å²) in [5, 5.41) is 9.23. The summed E-state index contributed by atoms with van der Waals surface area (Å²) >= 11 is 6.41. The molecule has 0 saturated carbocycles. The predicted molar refractivity (Wildman–Crippen MR) is 51.6 cm³/mol. The van der Waals surface area contributed by atoms with Gasteiger partial charge in [0.05, 0.1) is 10.3 Å². The summed E-state index contributed by atoms with van der Waals surface area (Å²) in [5.41, 5.74) is 0.774. The van der Waals surface area contributed by atoms with Crippen LogP contribution in [0.1, 0.15) is 13.3 Å². The Balaban J connectivity index is 3.68. The van der Waals surface area contributed by atoms with Crippen molar-refractivity contribution in [3.63, 3.8) is 0 Å². The fourth-order valence-electron chi connectivity index (χ4n) is 0.415. The molecule has 0 amide bonds. The summed E-state index contributed by atoms with van der Waals surface area (Å²) < 4.78 is 0.829. The quantitative estimate of drug-likeness (QED) is 0.524. The molecule has 0 saturated heterocycles. The average molecular weight is 176 g/mol. The molecule has 0 heterocycles. The van der Waals surface area contributed by atoms with Gasteiger partial charge < -0.3 is 5.11 Å². The normalized spacial score (nSPS) is 12.7. The molecule has 1 unspecified atom stereocenters. The Hall–Kier alpha value is 0.140. The smallest absolute Gasteiger partial charge is 0.0798 e. The molecule has 1 atom stereocenters. The first-order valence-corrected chi connectivity index (χ1v) is 4.61. The summed E-state index contributed by atoms with van der Waals surface area (Å²) in [6, 6.07) is 0. The molecule has 10 heavy (non-hydrogen) atoms. The minimum Gasteiger partial charge on any atom is -0.388 e. The van der Waals surface area contributed by atoms with Crippen LogP contribution in [0, 0.1) is 0 Å². The van der Waals surface area contributed by atoms with E-state index in [1.165, 1.54) is 11.8 Å². The Morgan fingerprint density at radius 2 is 2.30 bits per heavy atom. The maximum Gasteiger partial charge on any atom is 0.0798 e. The lowest BCUT2D eigenvalue weighted by atomic mass is 10.1. The summed E-state index contributed by atoms with van der Waals surface area (Å²) in [6.45, 7) is 5.42. The first kappa shape index (κ1) is 10.1. The fourth-order valence-corrected chi connectivity index (χ4v) is 0.898. The Morgan fingerprint density at radius 3 is 2.60 bits per heavy atom. The summed E-state index contributed by atoms with van der Waals surface area (Å²) in [6.07, 6.45) is 2.00. The predicted octanol–water partition coefficient (Wildman–Crippen LogP) is 2.00. The SMILES string of the molecule is C=C(C)C(O)CC(=S)SC. The Kier molecular flexibility index (Phi) is 4.95. The molecule has 0 aliphatic rings. The molecule has 1 nitrogen and oxygen atoms in total. The molecule has 0 bridgehead atoms. The third kappa shape index (κ3) is 4.04. The van der Waals surface area contributed by atoms with Crippen LogP contribution in [0.4, 0.5) is 0 Å². The van der Waals surface area contributed by atoms with Gasteiger partial charge in [-0.3, -0.25) is 0 Å². The number of thiocarbonyl (C=S) groups is 1. The second kappa shape index (κ2) is 4.88. The van der Waals surface area contributed by atoms with Crippen molar-refractivity contribution in [3.8, 4) is 0 Å². The molecule has 0 aromatic carbocycles. The molecule has 0 fully saturated rings. The van der Waals surface area contributed by atoms with Gasteiger partial charge in [0.2, 0.25) is 0 Å². The minimum absolute atomic E-state index is 0.458. The molecular weight excluding hydrogens is 164 g/mol. The highest BCUT2D eigenvalue weighted by Gasteiger charge is 2.06. The van der Waals surface area contributed by atoms with Gasteiger partial charge in [0.15, 0.2) is 0 Å². The van der Waals surface area contributed by atoms with Gasteiger partial charge in [0, 0.05) is 6.42 Å². The van der Waals surface area contributed by atoms with Crippen LogP contribution in [0.5, 0.6) is 0 Å². The topological polar surface area (TPSA) is 20.2 Å². The molecule has 0 aliphatic carbocycles. The van der Waals surface area contributed by atoms with E-state index in [1.807, 2.05) is 6.26 Å². The van der Waals surface area contributed by atoms with Gasteiger partial charge >= 0.3 is 0 Å². The highest BCUT2D eigenvalue weighted by Crippen LogP contribution is 2.10. The highest BCUT2D eigenvalue weighted by molar-refractivity contribution is 8.22. The van der Waals surface area contributed by atoms with Gasteiger partial charge in [-0.1, -0.05) is 24.4 Å². The summed E-state index contributed by atoms with van der Waals surface area (Å²) in [7, 11) is 0. The summed E-state index contributed by atoms with van der Waals surface area (Å²) in [5.74, 6) is 0. The number of thioether (sulfide) groups is 1. The summed E-state index contributed by atoms with van der Waals surface area (Å²) in [4.78, 5) is 0. The van der Waals surface area contributed by atoms with Crippen LogP contribution in [0.2, 0.25) is 0 Å². The number of hydrogen-bond donors (Lipinski definition) is 1. The van der Waals surface area contributed by atoms with Crippen molar-refractivity contribution in [1.82, 2.24) is 0 Å². The van der Waals surface area contributed by atoms with Crippen LogP contribution in [-0.2, 0) is 0 Å². The monoisotopic (exact) mass is 176 g/mol. The van der Waals surface area contributed by atoms with E-state index in [0.29, 0.717) is 6.42 Å². The van der Waals surface area contributed by atoms with Crippen LogP contribution in [0.3, 0.4) is 0 Å². The first-order chi connectivity index (χ1) is 4.57. The van der Waals surface area contributed by atoms with Gasteiger partial charge in [0.25, 0.3) is 0 Å². The third-order valence-electron chi connectivity index (χ3n) is 1.16. The van der Waals surface area contributed by atoms with Crippen LogP contribution in [0.15, 0.2) is 12.2 Å². The second-order valence-corrected chi connectivity index (χ2v) is 3.79. The minimum atomic E-state index is -0.458. The van der Waals surface area contributed by atoms with E-state index in [4.69, 9.17) is 12.2 Å². The second-order valence-electron chi connectivity index (χ2n) is 2.14. The van der Waals surface area contributed by atoms with E-state index in [0.717, 1.165) is 9.77 Å². The Morgan fingerprint density at radius 1 is 1.80 bits per heavy atom. The molecule has 0 spiro atoms. The van der Waals surface area contributed by atoms with Gasteiger partial charge in [-0.15, -0.1) is 11.8 Å². The maximum atomic E-state index is 9.23. The van der Waals surface area contributed by atoms with Crippen LogP contribution < -0.4 is 0 Å². The Bertz CT molecular complexity index is 143. The molecule has 0 rings (SSSR count). The molecular formula is C7H12OS2. The zero-order chi connectivity index (χ0) is 8.15. The van der Waals surface area contributed by atoms with Crippen molar-refractivity contribution >= 4 is 28.2 Å². The van der Waals surface area contributed by atoms with E-state index >= 15 is 0 Å². The van der Waals surface area contributed by atoms with Crippen molar-refractivity contribution < 1.29 is 5.11 Å². The molecule has 0 aromatic rings. The number of aliphatic hydroxyl groups is 1. The number of hydrogen-bond acceptors (Lipinski definition) is 3. The molecule has 0 radical (unpaired) electrons. The maximum absolute atomic E-state index is 9.23. The standard InChI is InChI=1S/C7H12OS2/c1-5(2)6(8)4-7(9)10-3/h6,8H,1,4H2,2-3H3. The lowest BCUT2D eigenvalue weighted by Crippen LogP contribution is -2.10. The van der Waals surface area contributed by atoms with Crippen LogP contribution in [-0.4, -0.2) is 21.7 Å². The zero-order valence-electron chi connectivity index (χ0n) is 6.26. The van der Waals surface area contributed by atoms with Crippen LogP contribution >= 0.6 is 24.0 Å². The van der Waals surface area contributed by atoms with E-state index in [9.17, 15) is 5.11 Å². The van der Waals surface area contributed by atoms with Crippen molar-refractivity contribution in [3.05, 3.63) is 12.2 Å². The van der Waals surface area contributed by atoms with Gasteiger partial charge in [-0.25, -0.2) is 0 Å². The van der Waals surface area contributed by atoms with E-state index in [1.54, 1.807) is 6.92 Å². The molecule has 0 aliphatic heterocycles. The van der Waals surface area contributed by atoms with Crippen molar-refractivity contribution in [2.75, 3.05) is 6.26 Å². The first-order valence-electron chi connectivity index (χ1n) is 2.98. The van der Waals surface area contributed by atoms with E-state index in [-0.39, 0.29) is 0 Å². The lowest BCUT2D eigenvalue weighted by molar-refractivity contribution is 0.221. The average Bonchev–Trinajstić information content (AvgIpc) is 1.87. The number of rotatable bonds is 3. The van der Waals surface area contributed by atoms with Gasteiger partial charge in [-0.2, -0.15) is 0 Å². The Labute approximate surface area is 71.5 Å². The lowest BCUT2D eigenvalue weighted by Gasteiger charge is -2.08. The fraction of sp³-hybridized carbons (Fsp3) is 0.571. The van der Waals surface area contributed by atoms with Crippen molar-refractivity contribution in [2.24, 2.45) is 0 Å². The van der Waals surface area contributed by atoms with Gasteiger partial charge in [0.1, 0.15) is 0 Å². The molecule has 0 aromatic heterocycles. The van der Waals surface area contributed by atoms with Crippen LogP contribution in [0.25, 0.3) is 0 Å². The number of aliphatic hydroxyl groups excluding tert-OH is 1. The zero-order valence-corrected chi connectivity index (χ0v) is 7.89. The largest absolute Gasteiger partial charge is 0.388 e. The third-order valence-corrected chi connectivity index (χ3v) is 2.45. The van der Waals surface area contributed by atoms with E-state index < -0.39 is 6.10 Å². The molecule has 1 N–H and O–H groups in total. The highest BCUT2D eigenvalue weighted by atomic mass is 32.2. The van der Waals surface area contributed by atoms with Gasteiger partial charge in [-0.05, 0) is 13.2 Å². The van der Waals surface area contributed by atoms with Crippen molar-refractivity contribution in [2.45, 2.75) is 19.4 Å². The van der Waals surface area contributed by atoms with Crippen molar-refractivity contribution in [1.29, 1.82) is 0 Å².